The highest BCUT2D eigenvalue weighted by molar-refractivity contribution is 6.04. The number of Topliss-reactive ketones (excluding diaryl/α,β-unsaturated/α-hetero) is 1. The number of fused-ring (bicyclic) bond motifs is 1. The fourth-order valence-electron chi connectivity index (χ4n) is 2.77. The molecule has 1 aromatic carbocycles. The highest BCUT2D eigenvalue weighted by Gasteiger charge is 2.41. The van der Waals surface area contributed by atoms with Gasteiger partial charge in [-0.2, -0.15) is 0 Å². The summed E-state index contributed by atoms with van der Waals surface area (Å²) in [5.74, 6) is -0.0572. The number of anilines is 1. The minimum Gasteiger partial charge on any atom is -0.476 e. The minimum atomic E-state index is -1.03. The summed E-state index contributed by atoms with van der Waals surface area (Å²) in [6.07, 6.45) is 1.29. The molecular formula is C19H25NO5. The van der Waals surface area contributed by atoms with Crippen molar-refractivity contribution in [2.24, 2.45) is 0 Å². The van der Waals surface area contributed by atoms with E-state index in [9.17, 15) is 14.4 Å². The highest BCUT2D eigenvalue weighted by Crippen LogP contribution is 2.38. The van der Waals surface area contributed by atoms with Crippen LogP contribution in [0.15, 0.2) is 18.2 Å². The number of ketones is 1. The summed E-state index contributed by atoms with van der Waals surface area (Å²) in [5, 5.41) is 0. The van der Waals surface area contributed by atoms with E-state index in [1.54, 1.807) is 39.0 Å². The number of nitrogens with zero attached hydrogens (tertiary/aromatic N) is 1. The van der Waals surface area contributed by atoms with Crippen LogP contribution in [0.3, 0.4) is 0 Å². The Morgan fingerprint density at radius 2 is 1.92 bits per heavy atom. The molecule has 0 unspecified atom stereocenters. The van der Waals surface area contributed by atoms with Gasteiger partial charge in [0.2, 0.25) is 0 Å². The molecule has 0 radical (unpaired) electrons. The van der Waals surface area contributed by atoms with Crippen LogP contribution in [0, 0.1) is 0 Å². The monoisotopic (exact) mass is 347 g/mol. The topological polar surface area (TPSA) is 72.9 Å². The molecule has 0 atom stereocenters. The zero-order chi connectivity index (χ0) is 18.6. The van der Waals surface area contributed by atoms with E-state index >= 15 is 0 Å². The van der Waals surface area contributed by atoms with Crippen molar-refractivity contribution in [2.45, 2.75) is 52.6 Å². The third-order valence-electron chi connectivity index (χ3n) is 4.02. The maximum Gasteiger partial charge on any atom is 0.307 e. The first-order chi connectivity index (χ1) is 11.8. The molecule has 0 N–H and O–H groups in total. The Morgan fingerprint density at radius 1 is 1.20 bits per heavy atom. The third kappa shape index (κ3) is 4.18. The molecule has 25 heavy (non-hydrogen) atoms. The molecule has 0 spiro atoms. The van der Waals surface area contributed by atoms with Gasteiger partial charge in [0.1, 0.15) is 5.75 Å². The maximum absolute atomic E-state index is 12.8. The molecule has 0 saturated heterocycles. The fraction of sp³-hybridized carbons (Fsp3) is 0.526. The van der Waals surface area contributed by atoms with Crippen LogP contribution in [0.2, 0.25) is 0 Å². The van der Waals surface area contributed by atoms with Crippen molar-refractivity contribution in [1.29, 1.82) is 0 Å². The van der Waals surface area contributed by atoms with E-state index in [0.717, 1.165) is 6.42 Å². The van der Waals surface area contributed by atoms with Crippen LogP contribution in [0.25, 0.3) is 0 Å². The average Bonchev–Trinajstić information content (AvgIpc) is 2.55. The van der Waals surface area contributed by atoms with Gasteiger partial charge in [-0.25, -0.2) is 0 Å². The lowest BCUT2D eigenvalue weighted by Crippen LogP contribution is -2.53. The van der Waals surface area contributed by atoms with Crippen LogP contribution in [0.1, 0.15) is 57.3 Å². The van der Waals surface area contributed by atoms with Crippen LogP contribution in [-0.2, 0) is 14.3 Å². The molecule has 1 heterocycles. The van der Waals surface area contributed by atoms with Crippen LogP contribution in [-0.4, -0.2) is 36.4 Å². The summed E-state index contributed by atoms with van der Waals surface area (Å²) < 4.78 is 10.7. The zero-order valence-corrected chi connectivity index (χ0v) is 15.3. The van der Waals surface area contributed by atoms with Gasteiger partial charge in [0.15, 0.2) is 11.4 Å². The van der Waals surface area contributed by atoms with Gasteiger partial charge >= 0.3 is 5.97 Å². The Balaban J connectivity index is 2.34. The number of hydrogen-bond acceptors (Lipinski definition) is 5. The largest absolute Gasteiger partial charge is 0.476 e. The summed E-state index contributed by atoms with van der Waals surface area (Å²) in [6.45, 7) is 7.53. The van der Waals surface area contributed by atoms with Crippen molar-refractivity contribution in [1.82, 2.24) is 0 Å². The van der Waals surface area contributed by atoms with Gasteiger partial charge < -0.3 is 14.4 Å². The standard InChI is InChI=1S/C19H25NO5/c1-5-7-15(21)13-8-9-16-14(12-13)20(11-10-17(22)24-6-2)18(23)19(3,4)25-16/h8-9,12H,5-7,10-11H2,1-4H3. The highest BCUT2D eigenvalue weighted by atomic mass is 16.5. The lowest BCUT2D eigenvalue weighted by molar-refractivity contribution is -0.143. The predicted molar refractivity (Wildman–Crippen MR) is 94.0 cm³/mol. The minimum absolute atomic E-state index is 0.0212. The predicted octanol–water partition coefficient (Wildman–Crippen LogP) is 3.13. The molecule has 1 aliphatic heterocycles. The van der Waals surface area contributed by atoms with E-state index in [-0.39, 0.29) is 30.6 Å². The van der Waals surface area contributed by atoms with E-state index in [2.05, 4.69) is 0 Å². The van der Waals surface area contributed by atoms with Crippen LogP contribution in [0.5, 0.6) is 5.75 Å². The Kier molecular flexibility index (Phi) is 5.82. The Morgan fingerprint density at radius 3 is 2.56 bits per heavy atom. The molecule has 1 aromatic rings. The summed E-state index contributed by atoms with van der Waals surface area (Å²) in [7, 11) is 0. The quantitative estimate of drug-likeness (QED) is 0.560. The molecule has 2 rings (SSSR count). The van der Waals surface area contributed by atoms with Crippen molar-refractivity contribution < 1.29 is 23.9 Å². The number of esters is 1. The lowest BCUT2D eigenvalue weighted by Gasteiger charge is -2.38. The summed E-state index contributed by atoms with van der Waals surface area (Å²) in [4.78, 5) is 38.1. The van der Waals surface area contributed by atoms with Crippen molar-refractivity contribution >= 4 is 23.3 Å². The summed E-state index contributed by atoms with van der Waals surface area (Å²) in [6, 6.07) is 5.10. The summed E-state index contributed by atoms with van der Waals surface area (Å²) in [5.41, 5.74) is 0.0322. The van der Waals surface area contributed by atoms with E-state index in [1.807, 2.05) is 6.92 Å². The molecule has 0 fully saturated rings. The fourth-order valence-corrected chi connectivity index (χ4v) is 2.77. The number of carbonyl (C=O) groups is 3. The first kappa shape index (κ1) is 19.0. The van der Waals surface area contributed by atoms with Gasteiger partial charge in [-0.15, -0.1) is 0 Å². The van der Waals surface area contributed by atoms with Gasteiger partial charge in [-0.1, -0.05) is 6.92 Å². The Hall–Kier alpha value is -2.37. The van der Waals surface area contributed by atoms with Gasteiger partial charge in [-0.3, -0.25) is 14.4 Å². The molecule has 0 aliphatic carbocycles. The molecule has 136 valence electrons. The van der Waals surface area contributed by atoms with Crippen LogP contribution < -0.4 is 9.64 Å². The van der Waals surface area contributed by atoms with Crippen LogP contribution in [0.4, 0.5) is 5.69 Å². The average molecular weight is 347 g/mol. The number of rotatable bonds is 7. The molecule has 6 heteroatoms. The number of benzene rings is 1. The zero-order valence-electron chi connectivity index (χ0n) is 15.3. The van der Waals surface area contributed by atoms with Crippen molar-refractivity contribution in [3.8, 4) is 5.75 Å². The Bertz CT molecular complexity index is 680. The van der Waals surface area contributed by atoms with Gasteiger partial charge in [0.05, 0.1) is 18.7 Å². The first-order valence-corrected chi connectivity index (χ1v) is 8.64. The lowest BCUT2D eigenvalue weighted by atomic mass is 10.0. The van der Waals surface area contributed by atoms with Gasteiger partial charge in [-0.05, 0) is 45.4 Å². The number of carbonyl (C=O) groups excluding carboxylic acids is 3. The number of amides is 1. The number of ether oxygens (including phenoxy) is 2. The molecule has 1 aliphatic rings. The molecule has 6 nitrogen and oxygen atoms in total. The van der Waals surface area contributed by atoms with Crippen molar-refractivity contribution in [2.75, 3.05) is 18.1 Å². The second kappa shape index (κ2) is 7.68. The second-order valence-electron chi connectivity index (χ2n) is 6.48. The van der Waals surface area contributed by atoms with Crippen molar-refractivity contribution in [3.63, 3.8) is 0 Å². The molecule has 0 aromatic heterocycles. The van der Waals surface area contributed by atoms with Gasteiger partial charge in [0.25, 0.3) is 5.91 Å². The third-order valence-corrected chi connectivity index (χ3v) is 4.02. The number of hydrogen-bond donors (Lipinski definition) is 0. The first-order valence-electron chi connectivity index (χ1n) is 8.64. The molecule has 0 bridgehead atoms. The van der Waals surface area contributed by atoms with E-state index in [1.165, 1.54) is 4.90 Å². The molecule has 0 saturated carbocycles. The maximum atomic E-state index is 12.8. The van der Waals surface area contributed by atoms with Crippen LogP contribution >= 0.6 is 0 Å². The molecule has 1 amide bonds. The van der Waals surface area contributed by atoms with E-state index in [0.29, 0.717) is 30.0 Å². The summed E-state index contributed by atoms with van der Waals surface area (Å²) >= 11 is 0. The van der Waals surface area contributed by atoms with Gasteiger partial charge in [0, 0.05) is 18.5 Å². The van der Waals surface area contributed by atoms with E-state index in [4.69, 9.17) is 9.47 Å². The second-order valence-corrected chi connectivity index (χ2v) is 6.48. The van der Waals surface area contributed by atoms with E-state index < -0.39 is 5.60 Å². The van der Waals surface area contributed by atoms with Crippen molar-refractivity contribution in [3.05, 3.63) is 23.8 Å². The SMILES string of the molecule is CCCC(=O)c1ccc2c(c1)N(CCC(=O)OCC)C(=O)C(C)(C)O2. The Labute approximate surface area is 148 Å². The smallest absolute Gasteiger partial charge is 0.307 e. The normalized spacial score (nSPS) is 15.4. The molecular weight excluding hydrogens is 322 g/mol.